The summed E-state index contributed by atoms with van der Waals surface area (Å²) in [6, 6.07) is 2.18. The van der Waals surface area contributed by atoms with Crippen molar-refractivity contribution in [2.75, 3.05) is 31.1 Å². The zero-order valence-corrected chi connectivity index (χ0v) is 11.1. The van der Waals surface area contributed by atoms with Crippen molar-refractivity contribution in [3.05, 3.63) is 28.4 Å². The van der Waals surface area contributed by atoms with Crippen LogP contribution in [0.4, 0.5) is 11.5 Å². The topological polar surface area (TPSA) is 97.6 Å². The average Bonchev–Trinajstić information content (AvgIpc) is 2.47. The van der Waals surface area contributed by atoms with Crippen LogP contribution in [0.25, 0.3) is 0 Å². The van der Waals surface area contributed by atoms with Crippen LogP contribution in [0.3, 0.4) is 0 Å². The Bertz CT molecular complexity index is 508. The van der Waals surface area contributed by atoms with E-state index in [1.54, 1.807) is 11.8 Å². The lowest BCUT2D eigenvalue weighted by Gasteiger charge is -2.35. The summed E-state index contributed by atoms with van der Waals surface area (Å²) in [5, 5.41) is 13.9. The second-order valence-electron chi connectivity index (χ2n) is 4.29. The summed E-state index contributed by atoms with van der Waals surface area (Å²) >= 11 is 0. The predicted molar refractivity (Wildman–Crippen MR) is 71.5 cm³/mol. The van der Waals surface area contributed by atoms with Crippen LogP contribution in [0.15, 0.2) is 18.3 Å². The monoisotopic (exact) mass is 280 g/mol. The number of nitrogens with zero attached hydrogens (tertiary/aromatic N) is 3. The number of ether oxygens (including phenoxy) is 1. The first-order chi connectivity index (χ1) is 9.63. The molecule has 1 N–H and O–H groups in total. The minimum absolute atomic E-state index is 0.0452. The fourth-order valence-corrected chi connectivity index (χ4v) is 2.11. The highest BCUT2D eigenvalue weighted by Crippen LogP contribution is 2.21. The maximum absolute atomic E-state index is 11.9. The van der Waals surface area contributed by atoms with Crippen LogP contribution in [-0.2, 0) is 9.53 Å². The van der Waals surface area contributed by atoms with Crippen LogP contribution in [0, 0.1) is 10.1 Å². The van der Waals surface area contributed by atoms with Gasteiger partial charge in [-0.15, -0.1) is 0 Å². The van der Waals surface area contributed by atoms with Gasteiger partial charge >= 0.3 is 5.97 Å². The number of hydrogen-bond acceptors (Lipinski definition) is 7. The van der Waals surface area contributed by atoms with Crippen molar-refractivity contribution in [2.24, 2.45) is 0 Å². The van der Waals surface area contributed by atoms with E-state index >= 15 is 0 Å². The molecule has 1 aliphatic rings. The fraction of sp³-hybridized carbons (Fsp3) is 0.500. The zero-order valence-electron chi connectivity index (χ0n) is 11.1. The Morgan fingerprint density at radius 3 is 3.20 bits per heavy atom. The Kier molecular flexibility index (Phi) is 4.46. The minimum atomic E-state index is -0.516. The van der Waals surface area contributed by atoms with E-state index < -0.39 is 11.0 Å². The van der Waals surface area contributed by atoms with Crippen molar-refractivity contribution >= 4 is 17.5 Å². The van der Waals surface area contributed by atoms with Crippen molar-refractivity contribution in [3.8, 4) is 0 Å². The molecule has 1 fully saturated rings. The Labute approximate surface area is 115 Å². The van der Waals surface area contributed by atoms with Gasteiger partial charge in [0.2, 0.25) is 0 Å². The molecule has 20 heavy (non-hydrogen) atoms. The molecule has 0 aliphatic carbocycles. The number of hydrogen-bond donors (Lipinski definition) is 1. The molecule has 2 heterocycles. The molecule has 1 aliphatic heterocycles. The van der Waals surface area contributed by atoms with Gasteiger partial charge in [-0.25, -0.2) is 9.78 Å². The van der Waals surface area contributed by atoms with Gasteiger partial charge in [0.05, 0.1) is 17.6 Å². The van der Waals surface area contributed by atoms with E-state index in [1.165, 1.54) is 18.3 Å². The van der Waals surface area contributed by atoms with E-state index in [0.29, 0.717) is 32.1 Å². The van der Waals surface area contributed by atoms with Crippen molar-refractivity contribution in [3.63, 3.8) is 0 Å². The summed E-state index contributed by atoms with van der Waals surface area (Å²) in [5.41, 5.74) is -0.0452. The van der Waals surface area contributed by atoms with Crippen molar-refractivity contribution in [2.45, 2.75) is 13.0 Å². The molecular formula is C12H16N4O4. The lowest BCUT2D eigenvalue weighted by Crippen LogP contribution is -2.56. The molecule has 8 nitrogen and oxygen atoms in total. The lowest BCUT2D eigenvalue weighted by molar-refractivity contribution is -0.384. The summed E-state index contributed by atoms with van der Waals surface area (Å²) in [6.45, 7) is 3.69. The van der Waals surface area contributed by atoms with Gasteiger partial charge in [0.25, 0.3) is 5.69 Å². The molecule has 0 bridgehead atoms. The number of carbonyl (C=O) groups is 1. The summed E-state index contributed by atoms with van der Waals surface area (Å²) in [4.78, 5) is 28.1. The standard InChI is InChI=1S/C12H16N4O4/c1-2-20-12(17)10-8-13-5-6-15(10)11-7-9(16(18)19)3-4-14-11/h3-4,7,10,13H,2,5-6,8H2,1H3. The normalized spacial score (nSPS) is 18.6. The van der Waals surface area contributed by atoms with E-state index in [9.17, 15) is 14.9 Å². The Balaban J connectivity index is 2.25. The van der Waals surface area contributed by atoms with Crippen molar-refractivity contribution in [1.29, 1.82) is 0 Å². The molecule has 2 rings (SSSR count). The third kappa shape index (κ3) is 3.02. The summed E-state index contributed by atoms with van der Waals surface area (Å²) < 4.78 is 5.03. The molecular weight excluding hydrogens is 264 g/mol. The van der Waals surface area contributed by atoms with Gasteiger partial charge in [0.15, 0.2) is 0 Å². The largest absolute Gasteiger partial charge is 0.464 e. The Morgan fingerprint density at radius 2 is 2.50 bits per heavy atom. The molecule has 0 aromatic carbocycles. The van der Waals surface area contributed by atoms with E-state index in [1.807, 2.05) is 0 Å². The molecule has 108 valence electrons. The van der Waals surface area contributed by atoms with Gasteiger partial charge in [-0.2, -0.15) is 0 Å². The third-order valence-electron chi connectivity index (χ3n) is 3.04. The van der Waals surface area contributed by atoms with Gasteiger partial charge in [0.1, 0.15) is 11.9 Å². The quantitative estimate of drug-likeness (QED) is 0.482. The van der Waals surface area contributed by atoms with Gasteiger partial charge in [-0.1, -0.05) is 0 Å². The molecule has 0 saturated carbocycles. The molecule has 1 aromatic heterocycles. The number of pyridine rings is 1. The third-order valence-corrected chi connectivity index (χ3v) is 3.04. The van der Waals surface area contributed by atoms with Crippen LogP contribution >= 0.6 is 0 Å². The van der Waals surface area contributed by atoms with Gasteiger partial charge in [-0.05, 0) is 6.92 Å². The van der Waals surface area contributed by atoms with E-state index in [0.717, 1.165) is 0 Å². The number of esters is 1. The number of aromatic nitrogens is 1. The maximum Gasteiger partial charge on any atom is 0.330 e. The summed E-state index contributed by atoms with van der Waals surface area (Å²) in [7, 11) is 0. The van der Waals surface area contributed by atoms with Crippen LogP contribution < -0.4 is 10.2 Å². The highest BCUT2D eigenvalue weighted by atomic mass is 16.6. The smallest absolute Gasteiger partial charge is 0.330 e. The first-order valence-corrected chi connectivity index (χ1v) is 6.38. The molecule has 1 atom stereocenters. The van der Waals surface area contributed by atoms with Gasteiger partial charge in [0, 0.05) is 31.9 Å². The van der Waals surface area contributed by atoms with Gasteiger partial charge < -0.3 is 15.0 Å². The van der Waals surface area contributed by atoms with E-state index in [-0.39, 0.29) is 11.7 Å². The number of piperazine rings is 1. The average molecular weight is 280 g/mol. The van der Waals surface area contributed by atoms with Crippen molar-refractivity contribution in [1.82, 2.24) is 10.3 Å². The Morgan fingerprint density at radius 1 is 1.70 bits per heavy atom. The number of nitrogens with one attached hydrogen (secondary N) is 1. The number of anilines is 1. The Hall–Kier alpha value is -2.22. The van der Waals surface area contributed by atoms with E-state index in [4.69, 9.17) is 4.74 Å². The highest BCUT2D eigenvalue weighted by Gasteiger charge is 2.31. The molecule has 1 aromatic rings. The molecule has 0 radical (unpaired) electrons. The molecule has 0 amide bonds. The summed E-state index contributed by atoms with van der Waals surface area (Å²) in [6.07, 6.45) is 1.37. The molecule has 8 heteroatoms. The van der Waals surface area contributed by atoms with Crippen molar-refractivity contribution < 1.29 is 14.5 Å². The zero-order chi connectivity index (χ0) is 14.5. The van der Waals surface area contributed by atoms with Crippen LogP contribution in [0.2, 0.25) is 0 Å². The van der Waals surface area contributed by atoms with E-state index in [2.05, 4.69) is 10.3 Å². The second kappa shape index (κ2) is 6.29. The second-order valence-corrected chi connectivity index (χ2v) is 4.29. The van der Waals surface area contributed by atoms with Crippen LogP contribution in [0.5, 0.6) is 0 Å². The molecule has 1 saturated heterocycles. The van der Waals surface area contributed by atoms with Crippen LogP contribution in [0.1, 0.15) is 6.92 Å². The number of carbonyl (C=O) groups excluding carboxylic acids is 1. The highest BCUT2D eigenvalue weighted by molar-refractivity contribution is 5.80. The lowest BCUT2D eigenvalue weighted by atomic mass is 10.2. The minimum Gasteiger partial charge on any atom is -0.464 e. The molecule has 0 spiro atoms. The van der Waals surface area contributed by atoms with Crippen LogP contribution in [-0.4, -0.2) is 48.2 Å². The maximum atomic E-state index is 11.9. The SMILES string of the molecule is CCOC(=O)C1CNCCN1c1cc([N+](=O)[O-])ccn1. The number of rotatable bonds is 4. The first-order valence-electron chi connectivity index (χ1n) is 6.38. The fourth-order valence-electron chi connectivity index (χ4n) is 2.11. The number of nitro groups is 1. The molecule has 1 unspecified atom stereocenters. The predicted octanol–water partition coefficient (Wildman–Crippen LogP) is 0.331. The first kappa shape index (κ1) is 14.2. The van der Waals surface area contributed by atoms with Gasteiger partial charge in [-0.3, -0.25) is 10.1 Å². The summed E-state index contributed by atoms with van der Waals surface area (Å²) in [5.74, 6) is 0.0618.